The summed E-state index contributed by atoms with van der Waals surface area (Å²) < 4.78 is 38.9. The monoisotopic (exact) mass is 404 g/mol. The summed E-state index contributed by atoms with van der Waals surface area (Å²) in [5, 5.41) is 0. The molecule has 0 spiro atoms. The zero-order chi connectivity index (χ0) is 20.3. The number of carbonyl (C=O) groups excluding carboxylic acids is 1. The van der Waals surface area contributed by atoms with Gasteiger partial charge in [0.1, 0.15) is 17.3 Å². The average Bonchev–Trinajstić information content (AvgIpc) is 3.06. The fraction of sp³-hybridized carbons (Fsp3) is 0.350. The standard InChI is InChI=1S/C20H24N2O5S/c1-4-27-18-8-5-14(2)11-19(18)28(24,25)21-16-6-7-17-15(12-16)9-10-22(17)20(23)13-26-3/h5-8,11-12,21H,4,9-10,13H2,1-3H3. The molecule has 0 fully saturated rings. The number of carbonyl (C=O) groups is 1. The third-order valence-corrected chi connectivity index (χ3v) is 5.89. The van der Waals surface area contributed by atoms with E-state index in [1.807, 2.05) is 13.0 Å². The number of fused-ring (bicyclic) bond motifs is 1. The van der Waals surface area contributed by atoms with Crippen molar-refractivity contribution in [3.63, 3.8) is 0 Å². The van der Waals surface area contributed by atoms with Crippen molar-refractivity contribution >= 4 is 27.3 Å². The molecule has 28 heavy (non-hydrogen) atoms. The Balaban J connectivity index is 1.87. The van der Waals surface area contributed by atoms with Crippen LogP contribution in [-0.2, 0) is 26.0 Å². The number of aryl methyl sites for hydroxylation is 1. The normalized spacial score (nSPS) is 13.3. The highest BCUT2D eigenvalue weighted by molar-refractivity contribution is 7.92. The van der Waals surface area contributed by atoms with Crippen LogP contribution in [0.5, 0.6) is 5.75 Å². The smallest absolute Gasteiger partial charge is 0.265 e. The quantitative estimate of drug-likeness (QED) is 0.767. The molecular formula is C20H24N2O5S. The van der Waals surface area contributed by atoms with Gasteiger partial charge in [0.05, 0.1) is 6.61 Å². The predicted molar refractivity (Wildman–Crippen MR) is 108 cm³/mol. The second-order valence-electron chi connectivity index (χ2n) is 6.56. The van der Waals surface area contributed by atoms with Gasteiger partial charge in [-0.2, -0.15) is 0 Å². The summed E-state index contributed by atoms with van der Waals surface area (Å²) in [4.78, 5) is 13.9. The molecule has 0 atom stereocenters. The first-order valence-corrected chi connectivity index (χ1v) is 10.5. The van der Waals surface area contributed by atoms with E-state index in [9.17, 15) is 13.2 Å². The Labute approximate surface area is 165 Å². The molecule has 0 unspecified atom stereocenters. The van der Waals surface area contributed by atoms with Gasteiger partial charge in [-0.25, -0.2) is 8.42 Å². The SMILES string of the molecule is CCOc1ccc(C)cc1S(=O)(=O)Nc1ccc2c(c1)CCN2C(=O)COC. The van der Waals surface area contributed by atoms with Crippen molar-refractivity contribution in [1.29, 1.82) is 0 Å². The first-order valence-electron chi connectivity index (χ1n) is 9.04. The lowest BCUT2D eigenvalue weighted by Gasteiger charge is -2.17. The number of hydrogen-bond acceptors (Lipinski definition) is 5. The summed E-state index contributed by atoms with van der Waals surface area (Å²) in [5.41, 5.74) is 2.98. The van der Waals surface area contributed by atoms with E-state index in [0.717, 1.165) is 16.8 Å². The van der Waals surface area contributed by atoms with Crippen LogP contribution in [0.2, 0.25) is 0 Å². The largest absolute Gasteiger partial charge is 0.492 e. The summed E-state index contributed by atoms with van der Waals surface area (Å²) in [7, 11) is -2.34. The van der Waals surface area contributed by atoms with Crippen molar-refractivity contribution in [1.82, 2.24) is 0 Å². The molecule has 0 bridgehead atoms. The molecule has 8 heteroatoms. The van der Waals surface area contributed by atoms with Gasteiger partial charge in [0.2, 0.25) is 0 Å². The Kier molecular flexibility index (Phi) is 5.90. The zero-order valence-corrected chi connectivity index (χ0v) is 17.0. The Morgan fingerprint density at radius 2 is 2.00 bits per heavy atom. The maximum atomic E-state index is 12.9. The number of hydrogen-bond donors (Lipinski definition) is 1. The molecule has 1 N–H and O–H groups in total. The number of anilines is 2. The van der Waals surface area contributed by atoms with E-state index < -0.39 is 10.0 Å². The molecule has 1 aliphatic rings. The van der Waals surface area contributed by atoms with E-state index in [1.54, 1.807) is 42.2 Å². The highest BCUT2D eigenvalue weighted by Gasteiger charge is 2.26. The summed E-state index contributed by atoms with van der Waals surface area (Å²) in [6, 6.07) is 10.2. The number of ether oxygens (including phenoxy) is 2. The van der Waals surface area contributed by atoms with Gasteiger partial charge >= 0.3 is 0 Å². The van der Waals surface area contributed by atoms with Crippen LogP contribution in [-0.4, -0.2) is 41.2 Å². The van der Waals surface area contributed by atoms with Gasteiger partial charge in [0.25, 0.3) is 15.9 Å². The molecule has 7 nitrogen and oxygen atoms in total. The Bertz CT molecular complexity index is 988. The van der Waals surface area contributed by atoms with Crippen LogP contribution in [0, 0.1) is 6.92 Å². The van der Waals surface area contributed by atoms with Crippen molar-refractivity contribution in [2.75, 3.05) is 36.5 Å². The molecule has 0 radical (unpaired) electrons. The second kappa shape index (κ2) is 8.20. The fourth-order valence-electron chi connectivity index (χ4n) is 3.24. The number of nitrogens with zero attached hydrogens (tertiary/aromatic N) is 1. The number of sulfonamides is 1. The van der Waals surface area contributed by atoms with E-state index in [1.165, 1.54) is 7.11 Å². The zero-order valence-electron chi connectivity index (χ0n) is 16.2. The van der Waals surface area contributed by atoms with E-state index in [0.29, 0.717) is 31.0 Å². The van der Waals surface area contributed by atoms with Crippen LogP contribution in [0.4, 0.5) is 11.4 Å². The van der Waals surface area contributed by atoms with E-state index in [-0.39, 0.29) is 17.4 Å². The van der Waals surface area contributed by atoms with Gasteiger partial charge in [0, 0.05) is 25.0 Å². The van der Waals surface area contributed by atoms with E-state index in [4.69, 9.17) is 9.47 Å². The summed E-state index contributed by atoms with van der Waals surface area (Å²) in [5.74, 6) is 0.203. The van der Waals surface area contributed by atoms with Crippen LogP contribution in [0.1, 0.15) is 18.1 Å². The van der Waals surface area contributed by atoms with Gasteiger partial charge in [-0.1, -0.05) is 6.07 Å². The third-order valence-electron chi connectivity index (χ3n) is 4.48. The molecule has 0 aliphatic carbocycles. The van der Waals surface area contributed by atoms with Crippen LogP contribution in [0.15, 0.2) is 41.3 Å². The Morgan fingerprint density at radius 1 is 1.21 bits per heavy atom. The minimum absolute atomic E-state index is 0.0153. The van der Waals surface area contributed by atoms with Gasteiger partial charge < -0.3 is 14.4 Å². The summed E-state index contributed by atoms with van der Waals surface area (Å²) in [6.45, 7) is 4.58. The van der Waals surface area contributed by atoms with E-state index >= 15 is 0 Å². The van der Waals surface area contributed by atoms with Crippen molar-refractivity contribution in [2.45, 2.75) is 25.2 Å². The van der Waals surface area contributed by atoms with Crippen molar-refractivity contribution in [2.24, 2.45) is 0 Å². The lowest BCUT2D eigenvalue weighted by molar-refractivity contribution is -0.122. The molecule has 0 saturated heterocycles. The number of rotatable bonds is 7. The van der Waals surface area contributed by atoms with Crippen LogP contribution in [0.25, 0.3) is 0 Å². The van der Waals surface area contributed by atoms with Gasteiger partial charge in [-0.3, -0.25) is 9.52 Å². The first kappa shape index (κ1) is 20.2. The molecule has 1 aliphatic heterocycles. The molecule has 2 aromatic rings. The van der Waals surface area contributed by atoms with Gasteiger partial charge in [-0.05, 0) is 61.7 Å². The Morgan fingerprint density at radius 3 is 2.71 bits per heavy atom. The van der Waals surface area contributed by atoms with Crippen molar-refractivity contribution in [3.05, 3.63) is 47.5 Å². The Hall–Kier alpha value is -2.58. The highest BCUT2D eigenvalue weighted by Crippen LogP contribution is 2.32. The summed E-state index contributed by atoms with van der Waals surface area (Å²) in [6.07, 6.45) is 0.662. The van der Waals surface area contributed by atoms with Gasteiger partial charge in [-0.15, -0.1) is 0 Å². The fourth-order valence-corrected chi connectivity index (χ4v) is 4.52. The van der Waals surface area contributed by atoms with Gasteiger partial charge in [0.15, 0.2) is 0 Å². The first-order chi connectivity index (χ1) is 13.4. The molecule has 1 heterocycles. The predicted octanol–water partition coefficient (Wildman–Crippen LogP) is 2.73. The molecule has 0 saturated carbocycles. The second-order valence-corrected chi connectivity index (χ2v) is 8.21. The number of amides is 1. The third kappa shape index (κ3) is 4.13. The lowest BCUT2D eigenvalue weighted by atomic mass is 10.1. The molecule has 0 aromatic heterocycles. The minimum atomic E-state index is -3.82. The number of methoxy groups -OCH3 is 1. The summed E-state index contributed by atoms with van der Waals surface area (Å²) >= 11 is 0. The van der Waals surface area contributed by atoms with Crippen molar-refractivity contribution in [3.8, 4) is 5.75 Å². The molecule has 3 rings (SSSR count). The van der Waals surface area contributed by atoms with Crippen LogP contribution >= 0.6 is 0 Å². The van der Waals surface area contributed by atoms with E-state index in [2.05, 4.69) is 4.72 Å². The molecule has 1 amide bonds. The maximum Gasteiger partial charge on any atom is 0.265 e. The average molecular weight is 404 g/mol. The molecular weight excluding hydrogens is 380 g/mol. The highest BCUT2D eigenvalue weighted by atomic mass is 32.2. The molecule has 2 aromatic carbocycles. The van der Waals surface area contributed by atoms with Crippen molar-refractivity contribution < 1.29 is 22.7 Å². The van der Waals surface area contributed by atoms with Crippen LogP contribution < -0.4 is 14.4 Å². The number of nitrogens with one attached hydrogen (secondary N) is 1. The molecule has 150 valence electrons. The lowest BCUT2D eigenvalue weighted by Crippen LogP contribution is -2.31. The maximum absolute atomic E-state index is 12.9. The number of benzene rings is 2. The topological polar surface area (TPSA) is 84.9 Å². The minimum Gasteiger partial charge on any atom is -0.492 e. The van der Waals surface area contributed by atoms with Crippen LogP contribution in [0.3, 0.4) is 0 Å².